The van der Waals surface area contributed by atoms with Crippen LogP contribution in [0.1, 0.15) is 24.3 Å². The molecule has 2 aromatic carbocycles. The first-order valence-electron chi connectivity index (χ1n) is 13.5. The third-order valence-corrected chi connectivity index (χ3v) is 9.39. The van der Waals surface area contributed by atoms with E-state index in [9.17, 15) is 0 Å². The molecule has 39 heavy (non-hydrogen) atoms. The van der Waals surface area contributed by atoms with E-state index in [1.807, 2.05) is 0 Å². The summed E-state index contributed by atoms with van der Waals surface area (Å²) in [7, 11) is 0. The number of anilines is 2. The minimum Gasteiger partial charge on any atom is -0.378 e. The molecule has 0 atom stereocenters. The monoisotopic (exact) mass is 550 g/mol. The molecule has 4 aromatic rings. The van der Waals surface area contributed by atoms with E-state index in [1.165, 1.54) is 42.8 Å². The number of fused-ring (bicyclic) bond motifs is 2. The van der Waals surface area contributed by atoms with Crippen LogP contribution in [0.25, 0.3) is 22.0 Å². The Kier molecular flexibility index (Phi) is 6.87. The van der Waals surface area contributed by atoms with Crippen LogP contribution in [-0.4, -0.2) is 35.9 Å². The van der Waals surface area contributed by atoms with Crippen molar-refractivity contribution in [3.63, 3.8) is 0 Å². The number of thiazole rings is 1. The van der Waals surface area contributed by atoms with Crippen molar-refractivity contribution in [2.45, 2.75) is 24.2 Å². The first kappa shape index (κ1) is 24.5. The number of nitrogens with one attached hydrogen (secondary N) is 1. The van der Waals surface area contributed by atoms with E-state index in [0.29, 0.717) is 0 Å². The Morgan fingerprint density at radius 3 is 2.69 bits per heavy atom. The second-order valence-corrected chi connectivity index (χ2v) is 12.0. The lowest BCUT2D eigenvalue weighted by Gasteiger charge is -2.28. The van der Waals surface area contributed by atoms with E-state index in [2.05, 4.69) is 106 Å². The van der Waals surface area contributed by atoms with Gasteiger partial charge in [0, 0.05) is 30.4 Å². The van der Waals surface area contributed by atoms with Gasteiger partial charge in [0.1, 0.15) is 5.01 Å². The van der Waals surface area contributed by atoms with Crippen molar-refractivity contribution in [2.24, 2.45) is 0 Å². The molecule has 2 aliphatic heterocycles. The lowest BCUT2D eigenvalue weighted by molar-refractivity contribution is 0.122. The molecule has 2 aromatic heterocycles. The molecule has 0 spiro atoms. The fourth-order valence-corrected chi connectivity index (χ4v) is 7.20. The predicted molar refractivity (Wildman–Crippen MR) is 165 cm³/mol. The first-order chi connectivity index (χ1) is 19.3. The van der Waals surface area contributed by atoms with Gasteiger partial charge in [-0.05, 0) is 72.9 Å². The fourth-order valence-electron chi connectivity index (χ4n) is 5.42. The van der Waals surface area contributed by atoms with Gasteiger partial charge in [0.2, 0.25) is 0 Å². The number of nitrogens with zero attached hydrogens (tertiary/aromatic N) is 3. The van der Waals surface area contributed by atoms with Crippen LogP contribution in [0.4, 0.5) is 11.4 Å². The Hall–Kier alpha value is -3.52. The summed E-state index contributed by atoms with van der Waals surface area (Å²) < 4.78 is 9.14. The maximum Gasteiger partial charge on any atom is 0.117 e. The Morgan fingerprint density at radius 2 is 1.79 bits per heavy atom. The molecule has 1 saturated heterocycles. The highest BCUT2D eigenvalue weighted by Crippen LogP contribution is 2.41. The highest BCUT2D eigenvalue weighted by Gasteiger charge is 2.20. The SMILES string of the molecule is C(/C=C1\CCCC(/C=C/c2nc3ccccc3s2)=C1n1ccc(N2CCOCC2)c1)=C1\Nc2ccccc2S1. The summed E-state index contributed by atoms with van der Waals surface area (Å²) >= 11 is 3.54. The minimum atomic E-state index is 0.788. The maximum atomic E-state index is 5.58. The molecular formula is C32H30N4OS2. The second-order valence-electron chi connectivity index (χ2n) is 9.90. The van der Waals surface area contributed by atoms with Gasteiger partial charge >= 0.3 is 0 Å². The summed E-state index contributed by atoms with van der Waals surface area (Å²) in [6, 6.07) is 19.1. The maximum absolute atomic E-state index is 5.58. The van der Waals surface area contributed by atoms with Crippen LogP contribution in [0.15, 0.2) is 106 Å². The Balaban J connectivity index is 1.25. The number of thioether (sulfide) groups is 1. The number of hydrogen-bond donors (Lipinski definition) is 1. The fraction of sp³-hybridized carbons (Fsp3) is 0.219. The second kappa shape index (κ2) is 10.9. The number of aromatic nitrogens is 2. The average molecular weight is 551 g/mol. The van der Waals surface area contributed by atoms with Crippen molar-refractivity contribution in [3.8, 4) is 0 Å². The smallest absolute Gasteiger partial charge is 0.117 e. The molecule has 0 radical (unpaired) electrons. The zero-order valence-corrected chi connectivity index (χ0v) is 23.3. The molecule has 0 bridgehead atoms. The quantitative estimate of drug-likeness (QED) is 0.272. The van der Waals surface area contributed by atoms with Gasteiger partial charge in [-0.1, -0.05) is 48.2 Å². The first-order valence-corrected chi connectivity index (χ1v) is 15.2. The number of ether oxygens (including phenoxy) is 1. The molecule has 4 heterocycles. The molecule has 7 heteroatoms. The molecule has 196 valence electrons. The molecule has 1 fully saturated rings. The highest BCUT2D eigenvalue weighted by atomic mass is 32.2. The zero-order valence-electron chi connectivity index (χ0n) is 21.7. The standard InChI is InChI=1S/C32H30N4OS2/c1-3-10-28-26(8-1)33-30(38-28)14-12-23-6-5-7-24(13-15-31-34-27-9-2-4-11-29(27)39-31)32(23)36-17-16-25(22-36)35-18-20-37-21-19-35/h1-4,8-17,22,33H,5-7,18-21H2/b15-13+,23-12+,30-14-. The summed E-state index contributed by atoms with van der Waals surface area (Å²) in [6.45, 7) is 3.45. The van der Waals surface area contributed by atoms with E-state index < -0.39 is 0 Å². The van der Waals surface area contributed by atoms with E-state index in [0.717, 1.165) is 56.1 Å². The van der Waals surface area contributed by atoms with Gasteiger partial charge in [-0.15, -0.1) is 11.3 Å². The lowest BCUT2D eigenvalue weighted by Crippen LogP contribution is -2.35. The highest BCUT2D eigenvalue weighted by molar-refractivity contribution is 8.03. The Bertz CT molecular complexity index is 1570. The van der Waals surface area contributed by atoms with Crippen LogP contribution in [0.5, 0.6) is 0 Å². The van der Waals surface area contributed by atoms with Gasteiger partial charge in [-0.25, -0.2) is 4.98 Å². The van der Waals surface area contributed by atoms with Crippen LogP contribution in [0.2, 0.25) is 0 Å². The van der Waals surface area contributed by atoms with Crippen LogP contribution in [0.3, 0.4) is 0 Å². The molecule has 0 saturated carbocycles. The molecule has 1 aliphatic carbocycles. The molecule has 7 rings (SSSR count). The van der Waals surface area contributed by atoms with Crippen molar-refractivity contribution >= 4 is 56.5 Å². The van der Waals surface area contributed by atoms with Gasteiger partial charge < -0.3 is 19.5 Å². The van der Waals surface area contributed by atoms with E-state index in [4.69, 9.17) is 9.72 Å². The Labute approximate surface area is 237 Å². The summed E-state index contributed by atoms with van der Waals surface area (Å²) in [4.78, 5) is 8.53. The third-order valence-electron chi connectivity index (χ3n) is 7.35. The van der Waals surface area contributed by atoms with Crippen molar-refractivity contribution < 1.29 is 4.74 Å². The van der Waals surface area contributed by atoms with E-state index in [1.54, 1.807) is 23.1 Å². The molecule has 0 amide bonds. The third kappa shape index (κ3) is 5.22. The van der Waals surface area contributed by atoms with Gasteiger partial charge in [0.05, 0.1) is 45.5 Å². The van der Waals surface area contributed by atoms with Gasteiger partial charge in [-0.2, -0.15) is 0 Å². The average Bonchev–Trinajstić information content (AvgIpc) is 3.73. The largest absolute Gasteiger partial charge is 0.378 e. The summed E-state index contributed by atoms with van der Waals surface area (Å²) in [5.41, 5.74) is 7.51. The number of benzene rings is 2. The van der Waals surface area contributed by atoms with Crippen molar-refractivity contribution in [1.82, 2.24) is 9.55 Å². The van der Waals surface area contributed by atoms with Gasteiger partial charge in [0.15, 0.2) is 0 Å². The molecule has 5 nitrogen and oxygen atoms in total. The summed E-state index contributed by atoms with van der Waals surface area (Å²) in [5.74, 6) is 0. The molecule has 1 N–H and O–H groups in total. The van der Waals surface area contributed by atoms with Gasteiger partial charge in [0.25, 0.3) is 0 Å². The van der Waals surface area contributed by atoms with Crippen LogP contribution in [0, 0.1) is 0 Å². The normalized spacial score (nSPS) is 19.9. The van der Waals surface area contributed by atoms with E-state index >= 15 is 0 Å². The number of morpholine rings is 1. The Morgan fingerprint density at radius 1 is 0.923 bits per heavy atom. The predicted octanol–water partition coefficient (Wildman–Crippen LogP) is 8.03. The molecule has 3 aliphatic rings. The van der Waals surface area contributed by atoms with Crippen LogP contribution in [-0.2, 0) is 4.74 Å². The van der Waals surface area contributed by atoms with E-state index in [-0.39, 0.29) is 0 Å². The van der Waals surface area contributed by atoms with Crippen LogP contribution < -0.4 is 10.2 Å². The summed E-state index contributed by atoms with van der Waals surface area (Å²) in [5, 5.41) is 5.78. The number of allylic oxidation sites excluding steroid dienone is 6. The van der Waals surface area contributed by atoms with Crippen LogP contribution >= 0.6 is 23.1 Å². The van der Waals surface area contributed by atoms with Gasteiger partial charge in [-0.3, -0.25) is 0 Å². The number of rotatable bonds is 5. The lowest BCUT2D eigenvalue weighted by atomic mass is 9.91. The number of para-hydroxylation sites is 2. The molecular weight excluding hydrogens is 521 g/mol. The van der Waals surface area contributed by atoms with Crippen molar-refractivity contribution in [1.29, 1.82) is 0 Å². The summed E-state index contributed by atoms with van der Waals surface area (Å²) in [6.07, 6.45) is 16.8. The topological polar surface area (TPSA) is 42.3 Å². The number of hydrogen-bond acceptors (Lipinski definition) is 6. The zero-order chi connectivity index (χ0) is 26.0. The van der Waals surface area contributed by atoms with Crippen molar-refractivity contribution in [3.05, 3.63) is 106 Å². The minimum absolute atomic E-state index is 0.788. The molecule has 0 unspecified atom stereocenters. The van der Waals surface area contributed by atoms with Crippen molar-refractivity contribution in [2.75, 3.05) is 36.5 Å².